The molecular weight excluding hydrogens is 340 g/mol. The summed E-state index contributed by atoms with van der Waals surface area (Å²) < 4.78 is 0. The molecule has 3 atom stereocenters. The molecule has 0 aliphatic carbocycles. The number of allylic oxidation sites excluding steroid dienone is 1. The fourth-order valence-corrected chi connectivity index (χ4v) is 4.56. The Labute approximate surface area is 153 Å². The topological polar surface area (TPSA) is 51.1 Å². The zero-order chi connectivity index (χ0) is 17.2. The Balaban J connectivity index is 2.05. The van der Waals surface area contributed by atoms with Crippen molar-refractivity contribution in [1.82, 2.24) is 15.8 Å². The van der Waals surface area contributed by atoms with Crippen LogP contribution in [0.5, 0.6) is 0 Å². The van der Waals surface area contributed by atoms with Crippen molar-refractivity contribution in [2.24, 2.45) is 5.92 Å². The SMILES string of the molecule is CCCCC1=CC(SC)(c2ccc(Cl)cc2)N2NCC(C#N)C2N1. The molecule has 0 bridgehead atoms. The van der Waals surface area contributed by atoms with Crippen molar-refractivity contribution in [3.63, 3.8) is 0 Å². The molecule has 128 valence electrons. The number of hydrogen-bond donors (Lipinski definition) is 2. The number of hydrazine groups is 1. The second-order valence-electron chi connectivity index (χ2n) is 6.24. The molecule has 2 aliphatic rings. The number of fused-ring (bicyclic) bond motifs is 1. The first-order chi connectivity index (χ1) is 11.6. The van der Waals surface area contributed by atoms with Crippen LogP contribution in [0.1, 0.15) is 31.7 Å². The molecule has 2 N–H and O–H groups in total. The second kappa shape index (κ2) is 7.37. The van der Waals surface area contributed by atoms with Crippen molar-refractivity contribution in [1.29, 1.82) is 5.26 Å². The maximum atomic E-state index is 9.52. The molecule has 3 rings (SSSR count). The highest BCUT2D eigenvalue weighted by atomic mass is 35.5. The van der Waals surface area contributed by atoms with E-state index in [1.165, 1.54) is 11.3 Å². The normalized spacial score (nSPS) is 29.5. The summed E-state index contributed by atoms with van der Waals surface area (Å²) in [4.78, 5) is -0.338. The van der Waals surface area contributed by atoms with Gasteiger partial charge in [-0.25, -0.2) is 5.43 Å². The molecule has 0 aromatic heterocycles. The largest absolute Gasteiger partial charge is 0.371 e. The van der Waals surface area contributed by atoms with E-state index >= 15 is 0 Å². The molecule has 0 radical (unpaired) electrons. The number of nitrogens with one attached hydrogen (secondary N) is 2. The zero-order valence-electron chi connectivity index (χ0n) is 14.1. The number of thioether (sulfide) groups is 1. The lowest BCUT2D eigenvalue weighted by atomic mass is 9.97. The van der Waals surface area contributed by atoms with Gasteiger partial charge in [-0.1, -0.05) is 37.1 Å². The summed E-state index contributed by atoms with van der Waals surface area (Å²) in [6.45, 7) is 2.87. The molecule has 6 heteroatoms. The van der Waals surface area contributed by atoms with Crippen LogP contribution in [0, 0.1) is 17.2 Å². The van der Waals surface area contributed by atoms with Crippen LogP contribution in [-0.2, 0) is 4.87 Å². The smallest absolute Gasteiger partial charge is 0.128 e. The first-order valence-corrected chi connectivity index (χ1v) is 9.96. The fourth-order valence-electron chi connectivity index (χ4n) is 3.43. The maximum absolute atomic E-state index is 9.52. The van der Waals surface area contributed by atoms with Gasteiger partial charge in [0.15, 0.2) is 0 Å². The van der Waals surface area contributed by atoms with E-state index in [2.05, 4.69) is 53.2 Å². The summed E-state index contributed by atoms with van der Waals surface area (Å²) in [5, 5.41) is 16.0. The molecule has 0 spiro atoms. The summed E-state index contributed by atoms with van der Waals surface area (Å²) in [5.74, 6) is -0.0749. The molecule has 24 heavy (non-hydrogen) atoms. The first kappa shape index (κ1) is 17.6. The predicted molar refractivity (Wildman–Crippen MR) is 100 cm³/mol. The number of nitriles is 1. The standard InChI is InChI=1S/C18H23ClN4S/c1-3-4-5-16-10-18(24-2,14-6-8-15(19)9-7-14)23-17(22-16)13(11-20)12-21-23/h6-10,13,17,21-22H,3-5,12H2,1-2H3. The van der Waals surface area contributed by atoms with Crippen molar-refractivity contribution in [2.75, 3.05) is 12.8 Å². The molecule has 4 nitrogen and oxygen atoms in total. The van der Waals surface area contributed by atoms with Gasteiger partial charge in [0, 0.05) is 17.3 Å². The van der Waals surface area contributed by atoms with Gasteiger partial charge in [-0.3, -0.25) is 0 Å². The highest BCUT2D eigenvalue weighted by molar-refractivity contribution is 7.99. The summed E-state index contributed by atoms with van der Waals surface area (Å²) in [6, 6.07) is 10.5. The van der Waals surface area contributed by atoms with Gasteiger partial charge in [-0.05, 0) is 42.9 Å². The third kappa shape index (κ3) is 3.04. The van der Waals surface area contributed by atoms with Gasteiger partial charge < -0.3 is 5.32 Å². The van der Waals surface area contributed by atoms with Gasteiger partial charge in [0.1, 0.15) is 11.0 Å². The Bertz CT molecular complexity index is 654. The van der Waals surface area contributed by atoms with Crippen LogP contribution in [0.3, 0.4) is 0 Å². The Morgan fingerprint density at radius 1 is 1.42 bits per heavy atom. The minimum atomic E-state index is -0.338. The Kier molecular flexibility index (Phi) is 5.41. The molecule has 1 saturated heterocycles. The van der Waals surface area contributed by atoms with Crippen LogP contribution in [-0.4, -0.2) is 24.0 Å². The highest BCUT2D eigenvalue weighted by Crippen LogP contribution is 2.45. The van der Waals surface area contributed by atoms with E-state index in [1.54, 1.807) is 11.8 Å². The summed E-state index contributed by atoms with van der Waals surface area (Å²) in [7, 11) is 0. The van der Waals surface area contributed by atoms with Gasteiger partial charge in [0.25, 0.3) is 0 Å². The van der Waals surface area contributed by atoms with Crippen LogP contribution < -0.4 is 10.7 Å². The lowest BCUT2D eigenvalue weighted by Gasteiger charge is -2.46. The van der Waals surface area contributed by atoms with Crippen LogP contribution in [0.4, 0.5) is 0 Å². The molecule has 0 saturated carbocycles. The number of rotatable bonds is 5. The lowest BCUT2D eigenvalue weighted by Crippen LogP contribution is -2.59. The Hall–Kier alpha value is -1.19. The highest BCUT2D eigenvalue weighted by Gasteiger charge is 2.49. The second-order valence-corrected chi connectivity index (χ2v) is 7.70. The van der Waals surface area contributed by atoms with Crippen molar-refractivity contribution < 1.29 is 0 Å². The van der Waals surface area contributed by atoms with Gasteiger partial charge in [0.2, 0.25) is 0 Å². The van der Waals surface area contributed by atoms with Gasteiger partial charge in [-0.2, -0.15) is 10.3 Å². The minimum Gasteiger partial charge on any atom is -0.371 e. The molecule has 1 aromatic carbocycles. The summed E-state index contributed by atoms with van der Waals surface area (Å²) >= 11 is 7.86. The van der Waals surface area contributed by atoms with E-state index in [1.807, 2.05) is 12.1 Å². The summed E-state index contributed by atoms with van der Waals surface area (Å²) in [6.07, 6.45) is 7.71. The van der Waals surface area contributed by atoms with Crippen molar-refractivity contribution in [3.8, 4) is 6.07 Å². The molecular formula is C18H23ClN4S. The van der Waals surface area contributed by atoms with Gasteiger partial charge >= 0.3 is 0 Å². The number of hydrogen-bond acceptors (Lipinski definition) is 5. The van der Waals surface area contributed by atoms with Crippen LogP contribution in [0.2, 0.25) is 5.02 Å². The van der Waals surface area contributed by atoms with E-state index in [0.29, 0.717) is 6.54 Å². The molecule has 3 unspecified atom stereocenters. The molecule has 2 heterocycles. The first-order valence-electron chi connectivity index (χ1n) is 8.36. The Morgan fingerprint density at radius 3 is 2.79 bits per heavy atom. The molecule has 1 aromatic rings. The van der Waals surface area contributed by atoms with E-state index in [4.69, 9.17) is 11.6 Å². The average molecular weight is 363 g/mol. The number of halogens is 1. The average Bonchev–Trinajstić information content (AvgIpc) is 3.03. The fraction of sp³-hybridized carbons (Fsp3) is 0.500. The van der Waals surface area contributed by atoms with E-state index < -0.39 is 0 Å². The van der Waals surface area contributed by atoms with Crippen molar-refractivity contribution in [2.45, 2.75) is 37.2 Å². The van der Waals surface area contributed by atoms with E-state index in [0.717, 1.165) is 24.3 Å². The zero-order valence-corrected chi connectivity index (χ0v) is 15.6. The quantitative estimate of drug-likeness (QED) is 0.833. The number of unbranched alkanes of at least 4 members (excludes halogenated alkanes) is 1. The van der Waals surface area contributed by atoms with Crippen LogP contribution in [0.25, 0.3) is 0 Å². The third-order valence-corrected chi connectivity index (χ3v) is 6.16. The van der Waals surface area contributed by atoms with Crippen molar-refractivity contribution >= 4 is 23.4 Å². The minimum absolute atomic E-state index is 0.0185. The van der Waals surface area contributed by atoms with E-state index in [-0.39, 0.29) is 17.0 Å². The maximum Gasteiger partial charge on any atom is 0.128 e. The lowest BCUT2D eigenvalue weighted by molar-refractivity contribution is 0.0889. The molecule has 0 amide bonds. The predicted octanol–water partition coefficient (Wildman–Crippen LogP) is 3.82. The van der Waals surface area contributed by atoms with E-state index in [9.17, 15) is 5.26 Å². The van der Waals surface area contributed by atoms with Gasteiger partial charge in [-0.15, -0.1) is 11.8 Å². The molecule has 1 fully saturated rings. The Morgan fingerprint density at radius 2 is 2.17 bits per heavy atom. The van der Waals surface area contributed by atoms with Crippen LogP contribution >= 0.6 is 23.4 Å². The molecule has 2 aliphatic heterocycles. The van der Waals surface area contributed by atoms with Crippen molar-refractivity contribution in [3.05, 3.63) is 46.6 Å². The number of nitrogens with zero attached hydrogens (tertiary/aromatic N) is 2. The van der Waals surface area contributed by atoms with Crippen LogP contribution in [0.15, 0.2) is 36.0 Å². The number of benzene rings is 1. The monoisotopic (exact) mass is 362 g/mol. The van der Waals surface area contributed by atoms with Gasteiger partial charge in [0.05, 0.1) is 12.0 Å². The third-order valence-electron chi connectivity index (χ3n) is 4.74. The summed E-state index contributed by atoms with van der Waals surface area (Å²) in [5.41, 5.74) is 5.84.